The zero-order valence-electron chi connectivity index (χ0n) is 13.8. The molecule has 0 saturated carbocycles. The van der Waals surface area contributed by atoms with E-state index in [-0.39, 0.29) is 5.48 Å². The topological polar surface area (TPSA) is 134 Å². The summed E-state index contributed by atoms with van der Waals surface area (Å²) >= 11 is 1.77. The minimum absolute atomic E-state index is 0. The highest BCUT2D eigenvalue weighted by atomic mass is 32.3. The van der Waals surface area contributed by atoms with Crippen LogP contribution in [-0.2, 0) is 16.8 Å². The van der Waals surface area contributed by atoms with Crippen molar-refractivity contribution in [2.45, 2.75) is 13.3 Å². The van der Waals surface area contributed by atoms with Gasteiger partial charge in [0.05, 0.1) is 5.69 Å². The fraction of sp³-hybridized carbons (Fsp3) is 0.400. The molecule has 1 aromatic heterocycles. The van der Waals surface area contributed by atoms with Gasteiger partial charge in [0.15, 0.2) is 5.13 Å². The van der Waals surface area contributed by atoms with Crippen LogP contribution in [0.15, 0.2) is 29.6 Å². The van der Waals surface area contributed by atoms with Gasteiger partial charge in [-0.2, -0.15) is 8.42 Å². The number of anilines is 1. The number of piperazine rings is 1. The van der Waals surface area contributed by atoms with Crippen molar-refractivity contribution >= 4 is 26.9 Å². The molecule has 0 radical (unpaired) electrons. The van der Waals surface area contributed by atoms with Crippen molar-refractivity contribution in [2.75, 3.05) is 31.1 Å². The Hall–Kier alpha value is -1.56. The SMILES string of the molecule is Cc1cccc(Cc2csc(N3CCNCC3)n2)c1.O.O=S(=O)(O)O. The molecule has 0 unspecified atom stereocenters. The van der Waals surface area contributed by atoms with E-state index in [1.807, 2.05) is 0 Å². The van der Waals surface area contributed by atoms with Crippen LogP contribution in [0.2, 0.25) is 0 Å². The summed E-state index contributed by atoms with van der Waals surface area (Å²) in [6, 6.07) is 8.67. The van der Waals surface area contributed by atoms with E-state index >= 15 is 0 Å². The number of nitrogens with one attached hydrogen (secondary N) is 1. The molecular weight excluding hydrogens is 366 g/mol. The molecule has 5 N–H and O–H groups in total. The lowest BCUT2D eigenvalue weighted by molar-refractivity contribution is 0.381. The van der Waals surface area contributed by atoms with E-state index in [1.54, 1.807) is 11.3 Å². The molecule has 8 nitrogen and oxygen atoms in total. The number of aromatic nitrogens is 1. The lowest BCUT2D eigenvalue weighted by Crippen LogP contribution is -2.43. The predicted octanol–water partition coefficient (Wildman–Crippen LogP) is 0.974. The Balaban J connectivity index is 0.000000462. The number of hydrogen-bond acceptors (Lipinski definition) is 6. The smallest absolute Gasteiger partial charge is 0.394 e. The Morgan fingerprint density at radius 1 is 1.28 bits per heavy atom. The van der Waals surface area contributed by atoms with Crippen molar-refractivity contribution in [2.24, 2.45) is 0 Å². The maximum atomic E-state index is 8.74. The zero-order valence-corrected chi connectivity index (χ0v) is 15.5. The first-order valence-electron chi connectivity index (χ1n) is 7.47. The van der Waals surface area contributed by atoms with Gasteiger partial charge in [-0.3, -0.25) is 9.11 Å². The molecule has 140 valence electrons. The lowest BCUT2D eigenvalue weighted by atomic mass is 10.1. The van der Waals surface area contributed by atoms with E-state index in [9.17, 15) is 0 Å². The fourth-order valence-electron chi connectivity index (χ4n) is 2.41. The number of aryl methyl sites for hydroxylation is 1. The third kappa shape index (κ3) is 8.38. The van der Waals surface area contributed by atoms with Crippen LogP contribution in [0, 0.1) is 6.92 Å². The molecule has 25 heavy (non-hydrogen) atoms. The quantitative estimate of drug-likeness (QED) is 0.666. The lowest BCUT2D eigenvalue weighted by Gasteiger charge is -2.26. The van der Waals surface area contributed by atoms with Crippen LogP contribution in [0.1, 0.15) is 16.8 Å². The maximum absolute atomic E-state index is 8.74. The number of rotatable bonds is 3. The van der Waals surface area contributed by atoms with Gasteiger partial charge in [-0.1, -0.05) is 29.8 Å². The molecule has 0 spiro atoms. The summed E-state index contributed by atoms with van der Waals surface area (Å²) < 4.78 is 31.6. The van der Waals surface area contributed by atoms with Gasteiger partial charge >= 0.3 is 10.4 Å². The van der Waals surface area contributed by atoms with Crippen molar-refractivity contribution in [3.63, 3.8) is 0 Å². The van der Waals surface area contributed by atoms with Gasteiger partial charge in [0, 0.05) is 38.0 Å². The second kappa shape index (κ2) is 9.80. The van der Waals surface area contributed by atoms with E-state index in [4.69, 9.17) is 22.5 Å². The van der Waals surface area contributed by atoms with E-state index in [2.05, 4.69) is 46.8 Å². The summed E-state index contributed by atoms with van der Waals surface area (Å²) in [5.74, 6) is 0. The Bertz CT molecular complexity index is 750. The number of hydrogen-bond donors (Lipinski definition) is 3. The van der Waals surface area contributed by atoms with E-state index in [0.29, 0.717) is 0 Å². The van der Waals surface area contributed by atoms with Crippen molar-refractivity contribution in [3.05, 3.63) is 46.5 Å². The fourth-order valence-corrected chi connectivity index (χ4v) is 3.29. The minimum atomic E-state index is -4.67. The Kier molecular flexibility index (Phi) is 8.42. The van der Waals surface area contributed by atoms with Crippen LogP contribution in [0.5, 0.6) is 0 Å². The molecular formula is C15H23N3O5S2. The maximum Gasteiger partial charge on any atom is 0.394 e. The first-order valence-corrected chi connectivity index (χ1v) is 9.74. The highest BCUT2D eigenvalue weighted by Gasteiger charge is 2.13. The molecule has 3 rings (SSSR count). The summed E-state index contributed by atoms with van der Waals surface area (Å²) in [6.45, 7) is 6.39. The zero-order chi connectivity index (χ0) is 17.6. The minimum Gasteiger partial charge on any atom is -0.412 e. The Morgan fingerprint density at radius 2 is 1.92 bits per heavy atom. The molecule has 1 fully saturated rings. The molecule has 1 aliphatic rings. The van der Waals surface area contributed by atoms with Gasteiger partial charge < -0.3 is 15.7 Å². The predicted molar refractivity (Wildman–Crippen MR) is 99.0 cm³/mol. The first-order chi connectivity index (χ1) is 11.3. The monoisotopic (exact) mass is 389 g/mol. The normalized spacial score (nSPS) is 14.3. The van der Waals surface area contributed by atoms with Crippen molar-refractivity contribution < 1.29 is 23.0 Å². The van der Waals surface area contributed by atoms with E-state index in [0.717, 1.165) is 32.6 Å². The van der Waals surface area contributed by atoms with Crippen LogP contribution in [0.4, 0.5) is 5.13 Å². The van der Waals surface area contributed by atoms with Gasteiger partial charge in [0.1, 0.15) is 0 Å². The van der Waals surface area contributed by atoms with Gasteiger partial charge in [-0.05, 0) is 12.5 Å². The van der Waals surface area contributed by atoms with Crippen LogP contribution in [0.3, 0.4) is 0 Å². The summed E-state index contributed by atoms with van der Waals surface area (Å²) in [7, 11) is -4.67. The second-order valence-electron chi connectivity index (χ2n) is 5.47. The molecule has 10 heteroatoms. The third-order valence-electron chi connectivity index (χ3n) is 3.39. The largest absolute Gasteiger partial charge is 0.412 e. The van der Waals surface area contributed by atoms with E-state index in [1.165, 1.54) is 22.0 Å². The van der Waals surface area contributed by atoms with Gasteiger partial charge in [0.2, 0.25) is 0 Å². The molecule has 0 atom stereocenters. The van der Waals surface area contributed by atoms with Crippen molar-refractivity contribution in [1.82, 2.24) is 10.3 Å². The van der Waals surface area contributed by atoms with E-state index < -0.39 is 10.4 Å². The molecule has 1 saturated heterocycles. The van der Waals surface area contributed by atoms with Crippen LogP contribution in [0.25, 0.3) is 0 Å². The number of thiazole rings is 1. The summed E-state index contributed by atoms with van der Waals surface area (Å²) in [5.41, 5.74) is 3.84. The summed E-state index contributed by atoms with van der Waals surface area (Å²) in [4.78, 5) is 7.15. The average Bonchev–Trinajstić information content (AvgIpc) is 2.95. The van der Waals surface area contributed by atoms with Crippen LogP contribution < -0.4 is 10.2 Å². The highest BCUT2D eigenvalue weighted by Crippen LogP contribution is 2.22. The molecule has 2 aromatic rings. The van der Waals surface area contributed by atoms with Crippen LogP contribution >= 0.6 is 11.3 Å². The first kappa shape index (κ1) is 21.5. The molecule has 1 aliphatic heterocycles. The highest BCUT2D eigenvalue weighted by molar-refractivity contribution is 7.79. The van der Waals surface area contributed by atoms with Gasteiger partial charge in [0.25, 0.3) is 0 Å². The second-order valence-corrected chi connectivity index (χ2v) is 7.20. The van der Waals surface area contributed by atoms with Crippen LogP contribution in [-0.4, -0.2) is 54.2 Å². The molecule has 0 bridgehead atoms. The molecule has 2 heterocycles. The number of nitrogens with zero attached hydrogens (tertiary/aromatic N) is 2. The Labute approximate surface area is 151 Å². The van der Waals surface area contributed by atoms with Gasteiger partial charge in [-0.25, -0.2) is 4.98 Å². The van der Waals surface area contributed by atoms with Crippen molar-refractivity contribution in [3.8, 4) is 0 Å². The van der Waals surface area contributed by atoms with Crippen molar-refractivity contribution in [1.29, 1.82) is 0 Å². The summed E-state index contributed by atoms with van der Waals surface area (Å²) in [6.07, 6.45) is 0.935. The third-order valence-corrected chi connectivity index (χ3v) is 4.35. The number of benzene rings is 1. The average molecular weight is 389 g/mol. The molecule has 0 amide bonds. The molecule has 0 aliphatic carbocycles. The van der Waals surface area contributed by atoms with Gasteiger partial charge in [-0.15, -0.1) is 11.3 Å². The standard InChI is InChI=1S/C15H19N3S.H2O4S.H2O/c1-12-3-2-4-13(9-12)10-14-11-19-15(17-14)18-7-5-16-6-8-18;1-5(2,3)4;/h2-4,9,11,16H,5-8,10H2,1H3;(H2,1,2,3,4);1H2. The Morgan fingerprint density at radius 3 is 2.52 bits per heavy atom. The molecule has 1 aromatic carbocycles. The summed E-state index contributed by atoms with van der Waals surface area (Å²) in [5, 5.41) is 6.74.